The minimum absolute atomic E-state index is 0.306. The first-order valence-electron chi connectivity index (χ1n) is 2.77. The van der Waals surface area contributed by atoms with Crippen LogP contribution in [0.25, 0.3) is 0 Å². The Bertz CT molecular complexity index is 50.0. The van der Waals surface area contributed by atoms with E-state index in [9.17, 15) is 0 Å². The van der Waals surface area contributed by atoms with Gasteiger partial charge in [-0.25, -0.2) is 0 Å². The molecular weight excluding hydrogens is 91.1 g/mol. The van der Waals surface area contributed by atoms with Gasteiger partial charge in [0.25, 0.3) is 0 Å². The van der Waals surface area contributed by atoms with Gasteiger partial charge < -0.3 is 10.4 Å². The number of rotatable bonds is 1. The Morgan fingerprint density at radius 1 is 1.71 bits per heavy atom. The van der Waals surface area contributed by atoms with E-state index >= 15 is 0 Å². The van der Waals surface area contributed by atoms with Crippen LogP contribution in [0.3, 0.4) is 0 Å². The van der Waals surface area contributed by atoms with Crippen molar-refractivity contribution in [2.24, 2.45) is 0 Å². The summed E-state index contributed by atoms with van der Waals surface area (Å²) in [7, 11) is 0. The number of hydrogen-bond donors (Lipinski definition) is 2. The molecule has 7 heavy (non-hydrogen) atoms. The smallest absolute Gasteiger partial charge is 0.0584 e. The second-order valence-electron chi connectivity index (χ2n) is 1.98. The first-order valence-corrected chi connectivity index (χ1v) is 2.77. The summed E-state index contributed by atoms with van der Waals surface area (Å²) in [6.45, 7) is 1.39. The van der Waals surface area contributed by atoms with Crippen molar-refractivity contribution in [2.45, 2.75) is 18.9 Å². The van der Waals surface area contributed by atoms with Crippen LogP contribution in [-0.4, -0.2) is 24.3 Å². The van der Waals surface area contributed by atoms with Crippen LogP contribution in [0.2, 0.25) is 0 Å². The molecule has 1 aliphatic rings. The third kappa shape index (κ3) is 1.14. The summed E-state index contributed by atoms with van der Waals surface area (Å²) in [5.41, 5.74) is 0. The molecule has 2 nitrogen and oxygen atoms in total. The first-order chi connectivity index (χ1) is 3.43. The van der Waals surface area contributed by atoms with Crippen LogP contribution < -0.4 is 5.32 Å². The van der Waals surface area contributed by atoms with Crippen LogP contribution in [0.5, 0.6) is 0 Å². The van der Waals surface area contributed by atoms with Crippen LogP contribution in [0.4, 0.5) is 0 Å². The van der Waals surface area contributed by atoms with Gasteiger partial charge in [0.15, 0.2) is 0 Å². The van der Waals surface area contributed by atoms with Gasteiger partial charge in [-0.05, 0) is 19.4 Å². The van der Waals surface area contributed by atoms with Crippen LogP contribution in [0, 0.1) is 0 Å². The number of aliphatic hydroxyl groups excluding tert-OH is 1. The molecule has 0 spiro atoms. The maximum Gasteiger partial charge on any atom is 0.0584 e. The van der Waals surface area contributed by atoms with Gasteiger partial charge in [0.05, 0.1) is 6.61 Å². The summed E-state index contributed by atoms with van der Waals surface area (Å²) in [6.07, 6.45) is 2.38. The summed E-state index contributed by atoms with van der Waals surface area (Å²) < 4.78 is 0. The minimum Gasteiger partial charge on any atom is -0.395 e. The molecule has 42 valence electrons. The van der Waals surface area contributed by atoms with Crippen molar-refractivity contribution in [3.63, 3.8) is 0 Å². The normalized spacial score (nSPS) is 31.3. The van der Waals surface area contributed by atoms with Crippen LogP contribution in [0.15, 0.2) is 0 Å². The predicted molar refractivity (Wildman–Crippen MR) is 28.1 cm³/mol. The van der Waals surface area contributed by atoms with Gasteiger partial charge in [0, 0.05) is 6.04 Å². The standard InChI is InChI=1S/C5H11NO/c7-4-5-2-1-3-6-5/h5-7H,1-4H2/t5-/m0/s1/i4+1. The number of hydrogen-bond acceptors (Lipinski definition) is 2. The van der Waals surface area contributed by atoms with Gasteiger partial charge in [-0.2, -0.15) is 0 Å². The quantitative estimate of drug-likeness (QED) is 0.447. The highest BCUT2D eigenvalue weighted by atomic mass is 16.3. The molecule has 1 heterocycles. The second kappa shape index (κ2) is 2.28. The monoisotopic (exact) mass is 102 g/mol. The Morgan fingerprint density at radius 2 is 2.57 bits per heavy atom. The average molecular weight is 102 g/mol. The Labute approximate surface area is 43.5 Å². The number of nitrogens with one attached hydrogen (secondary N) is 1. The van der Waals surface area contributed by atoms with Crippen molar-refractivity contribution in [1.29, 1.82) is 0 Å². The highest BCUT2D eigenvalue weighted by molar-refractivity contribution is 4.71. The van der Waals surface area contributed by atoms with E-state index in [4.69, 9.17) is 5.11 Å². The molecule has 0 aromatic carbocycles. The zero-order chi connectivity index (χ0) is 5.11. The van der Waals surface area contributed by atoms with E-state index in [2.05, 4.69) is 5.32 Å². The highest BCUT2D eigenvalue weighted by Gasteiger charge is 2.10. The molecule has 0 aromatic rings. The lowest BCUT2D eigenvalue weighted by atomic mass is 10.3. The largest absolute Gasteiger partial charge is 0.395 e. The van der Waals surface area contributed by atoms with E-state index in [-0.39, 0.29) is 0 Å². The molecule has 0 unspecified atom stereocenters. The van der Waals surface area contributed by atoms with Gasteiger partial charge in [0.1, 0.15) is 0 Å². The Morgan fingerprint density at radius 3 is 2.86 bits per heavy atom. The zero-order valence-corrected chi connectivity index (χ0v) is 4.35. The van der Waals surface area contributed by atoms with Crippen molar-refractivity contribution in [3.8, 4) is 0 Å². The molecule has 0 aliphatic carbocycles. The molecular formula is C5H11NO. The Kier molecular flexibility index (Phi) is 1.65. The van der Waals surface area contributed by atoms with E-state index in [1.54, 1.807) is 0 Å². The molecule has 1 atom stereocenters. The van der Waals surface area contributed by atoms with Crippen LogP contribution in [-0.2, 0) is 0 Å². The topological polar surface area (TPSA) is 32.3 Å². The fraction of sp³-hybridized carbons (Fsp3) is 1.00. The lowest BCUT2D eigenvalue weighted by Gasteiger charge is -2.01. The van der Waals surface area contributed by atoms with Crippen molar-refractivity contribution < 1.29 is 5.11 Å². The fourth-order valence-electron chi connectivity index (χ4n) is 0.913. The molecule has 1 fully saturated rings. The van der Waals surface area contributed by atoms with Crippen molar-refractivity contribution in [2.75, 3.05) is 13.2 Å². The van der Waals surface area contributed by atoms with Gasteiger partial charge in [-0.15, -0.1) is 0 Å². The average Bonchev–Trinajstić information content (AvgIpc) is 2.14. The molecule has 2 heteroatoms. The molecule has 1 saturated heterocycles. The van der Waals surface area contributed by atoms with Crippen molar-refractivity contribution in [3.05, 3.63) is 0 Å². The number of aliphatic hydroxyl groups is 1. The molecule has 0 amide bonds. The van der Waals surface area contributed by atoms with E-state index < -0.39 is 0 Å². The lowest BCUT2D eigenvalue weighted by molar-refractivity contribution is 0.255. The first kappa shape index (κ1) is 5.06. The van der Waals surface area contributed by atoms with E-state index in [1.165, 1.54) is 6.42 Å². The molecule has 0 saturated carbocycles. The molecule has 0 aromatic heterocycles. The van der Waals surface area contributed by atoms with Gasteiger partial charge in [-0.3, -0.25) is 0 Å². The highest BCUT2D eigenvalue weighted by Crippen LogP contribution is 2.02. The summed E-state index contributed by atoms with van der Waals surface area (Å²) in [5, 5.41) is 11.7. The zero-order valence-electron chi connectivity index (χ0n) is 4.35. The van der Waals surface area contributed by atoms with E-state index in [0.29, 0.717) is 12.6 Å². The van der Waals surface area contributed by atoms with Gasteiger partial charge >= 0.3 is 0 Å². The third-order valence-corrected chi connectivity index (χ3v) is 1.38. The fourth-order valence-corrected chi connectivity index (χ4v) is 0.913. The lowest BCUT2D eigenvalue weighted by Crippen LogP contribution is -2.24. The van der Waals surface area contributed by atoms with Gasteiger partial charge in [0.2, 0.25) is 0 Å². The maximum atomic E-state index is 8.50. The summed E-state index contributed by atoms with van der Waals surface area (Å²) >= 11 is 0. The Balaban J connectivity index is 2.14. The minimum atomic E-state index is 0.306. The predicted octanol–water partition coefficient (Wildman–Crippen LogP) is -0.269. The Hall–Kier alpha value is -0.0800. The molecule has 0 radical (unpaired) electrons. The third-order valence-electron chi connectivity index (χ3n) is 1.38. The summed E-state index contributed by atoms with van der Waals surface area (Å²) in [6, 6.07) is 0.403. The SMILES string of the molecule is O[13CH2][C@@H]1CCCN1. The summed E-state index contributed by atoms with van der Waals surface area (Å²) in [5.74, 6) is 0. The second-order valence-corrected chi connectivity index (χ2v) is 1.98. The summed E-state index contributed by atoms with van der Waals surface area (Å²) in [4.78, 5) is 0. The maximum absolute atomic E-state index is 8.50. The molecule has 2 N–H and O–H groups in total. The van der Waals surface area contributed by atoms with Crippen LogP contribution >= 0.6 is 0 Å². The van der Waals surface area contributed by atoms with Gasteiger partial charge in [-0.1, -0.05) is 0 Å². The molecule has 1 rings (SSSR count). The van der Waals surface area contributed by atoms with E-state index in [1.807, 2.05) is 0 Å². The van der Waals surface area contributed by atoms with Crippen LogP contribution in [0.1, 0.15) is 12.8 Å². The molecule has 0 bridgehead atoms. The van der Waals surface area contributed by atoms with E-state index in [0.717, 1.165) is 13.0 Å². The van der Waals surface area contributed by atoms with Crippen molar-refractivity contribution >= 4 is 0 Å². The van der Waals surface area contributed by atoms with Crippen molar-refractivity contribution in [1.82, 2.24) is 5.32 Å². The molecule has 1 aliphatic heterocycles.